The van der Waals surface area contributed by atoms with Crippen LogP contribution in [0.4, 0.5) is 5.82 Å². The van der Waals surface area contributed by atoms with Crippen LogP contribution in [0.25, 0.3) is 11.0 Å². The molecular weight excluding hydrogens is 488 g/mol. The van der Waals surface area contributed by atoms with Gasteiger partial charge < -0.3 is 14.6 Å². The second-order valence-corrected chi connectivity index (χ2v) is 11.6. The van der Waals surface area contributed by atoms with Crippen LogP contribution in [0.2, 0.25) is 0 Å². The Hall–Kier alpha value is -3.19. The van der Waals surface area contributed by atoms with Crippen LogP contribution in [0.1, 0.15) is 88.3 Å². The van der Waals surface area contributed by atoms with Gasteiger partial charge in [0.05, 0.1) is 18.1 Å². The summed E-state index contributed by atoms with van der Waals surface area (Å²) in [6.45, 7) is 0. The number of benzene rings is 2. The number of aromatic nitrogens is 2. The molecule has 0 spiro atoms. The standard InChI is InChI=1S/C32H40N4O3/c1-39-32(38)29(22-12-6-5-7-13-22)34-30-31(37)36(28-17-11-10-16-27(28)33-30)26-20-24-18-19-25(21-26)35(24)23-14-8-3-2-4-9-15-23/h5-7,10-13,16-17,23-26,29H,2-4,8-9,14-15,18-21H2,1H3,(H,33,34)/t24-,25+,26+,29-/m0/s1. The molecule has 3 aromatic rings. The molecule has 4 atom stereocenters. The third kappa shape index (κ3) is 5.21. The maximum Gasteiger partial charge on any atom is 0.333 e. The van der Waals surface area contributed by atoms with E-state index in [-0.39, 0.29) is 17.4 Å². The maximum absolute atomic E-state index is 14.1. The van der Waals surface area contributed by atoms with E-state index < -0.39 is 12.0 Å². The summed E-state index contributed by atoms with van der Waals surface area (Å²) in [5, 5.41) is 3.17. The summed E-state index contributed by atoms with van der Waals surface area (Å²) < 4.78 is 7.07. The average Bonchev–Trinajstić information content (AvgIpc) is 3.20. The van der Waals surface area contributed by atoms with Crippen LogP contribution in [0.3, 0.4) is 0 Å². The van der Waals surface area contributed by atoms with Crippen LogP contribution in [0.15, 0.2) is 59.4 Å². The summed E-state index contributed by atoms with van der Waals surface area (Å²) in [7, 11) is 1.37. The lowest BCUT2D eigenvalue weighted by molar-refractivity contribution is -0.141. The largest absolute Gasteiger partial charge is 0.467 e. The van der Waals surface area contributed by atoms with Crippen molar-refractivity contribution < 1.29 is 9.53 Å². The first-order valence-corrected chi connectivity index (χ1v) is 14.8. The molecule has 3 aliphatic rings. The lowest BCUT2D eigenvalue weighted by atomic mass is 9.89. The Labute approximate surface area is 230 Å². The maximum atomic E-state index is 14.1. The van der Waals surface area contributed by atoms with Crippen molar-refractivity contribution in [1.29, 1.82) is 0 Å². The van der Waals surface area contributed by atoms with Crippen molar-refractivity contribution in [2.24, 2.45) is 0 Å². The van der Waals surface area contributed by atoms with E-state index in [1.165, 1.54) is 64.9 Å². The van der Waals surface area contributed by atoms with E-state index in [1.54, 1.807) is 0 Å². The van der Waals surface area contributed by atoms with Gasteiger partial charge in [0.15, 0.2) is 11.9 Å². The van der Waals surface area contributed by atoms with Crippen molar-refractivity contribution in [1.82, 2.24) is 14.5 Å². The van der Waals surface area contributed by atoms with E-state index in [0.29, 0.717) is 18.1 Å². The Morgan fingerprint density at radius 2 is 1.49 bits per heavy atom. The van der Waals surface area contributed by atoms with Gasteiger partial charge in [0.2, 0.25) is 0 Å². The summed E-state index contributed by atoms with van der Waals surface area (Å²) in [6.07, 6.45) is 13.9. The number of methoxy groups -OCH3 is 1. The minimum atomic E-state index is -0.816. The van der Waals surface area contributed by atoms with Crippen LogP contribution >= 0.6 is 0 Å². The normalized spacial score (nSPS) is 25.1. The number of para-hydroxylation sites is 2. The molecule has 2 bridgehead atoms. The van der Waals surface area contributed by atoms with Crippen molar-refractivity contribution in [2.75, 3.05) is 12.4 Å². The van der Waals surface area contributed by atoms with Crippen molar-refractivity contribution in [2.45, 2.75) is 101 Å². The SMILES string of the molecule is COC(=O)[C@@H](Nc1nc2ccccc2n([C@H]2C[C@H]3CC[C@@H](C2)N3C2CCCCCCC2)c1=O)c1ccccc1. The molecule has 39 heavy (non-hydrogen) atoms. The molecule has 0 unspecified atom stereocenters. The first-order valence-electron chi connectivity index (χ1n) is 14.8. The fraction of sp³-hybridized carbons (Fsp3) is 0.531. The van der Waals surface area contributed by atoms with E-state index >= 15 is 0 Å². The highest BCUT2D eigenvalue weighted by Crippen LogP contribution is 2.44. The van der Waals surface area contributed by atoms with Gasteiger partial charge in [0.1, 0.15) is 0 Å². The van der Waals surface area contributed by atoms with Gasteiger partial charge in [-0.05, 0) is 56.2 Å². The Bertz CT molecular complexity index is 1330. The van der Waals surface area contributed by atoms with Gasteiger partial charge in [0.25, 0.3) is 5.56 Å². The van der Waals surface area contributed by atoms with Crippen LogP contribution in [-0.2, 0) is 9.53 Å². The van der Waals surface area contributed by atoms with Crippen LogP contribution < -0.4 is 10.9 Å². The first kappa shape index (κ1) is 26.1. The summed E-state index contributed by atoms with van der Waals surface area (Å²) in [4.78, 5) is 34.5. The number of anilines is 1. The van der Waals surface area contributed by atoms with Gasteiger partial charge in [-0.2, -0.15) is 0 Å². The highest BCUT2D eigenvalue weighted by molar-refractivity contribution is 5.82. The second kappa shape index (κ2) is 11.5. The number of fused-ring (bicyclic) bond motifs is 3. The van der Waals surface area contributed by atoms with E-state index in [0.717, 1.165) is 29.4 Å². The molecule has 7 nitrogen and oxygen atoms in total. The molecule has 7 heteroatoms. The Morgan fingerprint density at radius 1 is 0.846 bits per heavy atom. The molecule has 2 saturated heterocycles. The van der Waals surface area contributed by atoms with E-state index in [1.807, 2.05) is 59.2 Å². The molecule has 2 aliphatic heterocycles. The monoisotopic (exact) mass is 528 g/mol. The Kier molecular flexibility index (Phi) is 7.69. The average molecular weight is 529 g/mol. The summed E-state index contributed by atoms with van der Waals surface area (Å²) in [5.41, 5.74) is 2.19. The van der Waals surface area contributed by atoms with E-state index in [2.05, 4.69) is 10.2 Å². The number of carbonyl (C=O) groups is 1. The molecular formula is C32H40N4O3. The molecule has 3 fully saturated rings. The lowest BCUT2D eigenvalue weighted by Crippen LogP contribution is -2.50. The van der Waals surface area contributed by atoms with Crippen molar-refractivity contribution in [3.05, 3.63) is 70.5 Å². The molecule has 1 aliphatic carbocycles. The quantitative estimate of drug-likeness (QED) is 0.395. The summed E-state index contributed by atoms with van der Waals surface area (Å²) in [6, 6.07) is 18.3. The summed E-state index contributed by atoms with van der Waals surface area (Å²) >= 11 is 0. The molecule has 3 heterocycles. The number of nitrogens with one attached hydrogen (secondary N) is 1. The molecule has 2 aromatic carbocycles. The van der Waals surface area contributed by atoms with Gasteiger partial charge in [0, 0.05) is 24.2 Å². The number of hydrogen-bond acceptors (Lipinski definition) is 6. The number of carbonyl (C=O) groups excluding carboxylic acids is 1. The molecule has 0 radical (unpaired) electrons. The third-order valence-corrected chi connectivity index (χ3v) is 9.27. The van der Waals surface area contributed by atoms with Crippen LogP contribution in [0.5, 0.6) is 0 Å². The zero-order valence-electron chi connectivity index (χ0n) is 22.9. The lowest BCUT2D eigenvalue weighted by Gasteiger charge is -2.45. The zero-order chi connectivity index (χ0) is 26.8. The molecule has 1 saturated carbocycles. The van der Waals surface area contributed by atoms with E-state index in [4.69, 9.17) is 9.72 Å². The smallest absolute Gasteiger partial charge is 0.333 e. The van der Waals surface area contributed by atoms with Gasteiger partial charge in [-0.3, -0.25) is 9.69 Å². The fourth-order valence-corrected chi connectivity index (χ4v) is 7.51. The highest BCUT2D eigenvalue weighted by atomic mass is 16.5. The van der Waals surface area contributed by atoms with Crippen molar-refractivity contribution >= 4 is 22.8 Å². The number of esters is 1. The van der Waals surface area contributed by atoms with Gasteiger partial charge in [-0.1, -0.05) is 74.6 Å². The van der Waals surface area contributed by atoms with Gasteiger partial charge in [-0.25, -0.2) is 9.78 Å². The fourth-order valence-electron chi connectivity index (χ4n) is 7.51. The minimum absolute atomic E-state index is 0.113. The number of rotatable bonds is 6. The Balaban J connectivity index is 1.33. The Morgan fingerprint density at radius 3 is 2.18 bits per heavy atom. The zero-order valence-corrected chi connectivity index (χ0v) is 22.9. The second-order valence-electron chi connectivity index (χ2n) is 11.6. The summed E-state index contributed by atoms with van der Waals surface area (Å²) in [5.74, 6) is -0.254. The number of nitrogens with zero attached hydrogens (tertiary/aromatic N) is 3. The number of hydrogen-bond donors (Lipinski definition) is 1. The van der Waals surface area contributed by atoms with Crippen molar-refractivity contribution in [3.8, 4) is 0 Å². The highest BCUT2D eigenvalue weighted by Gasteiger charge is 2.44. The number of ether oxygens (including phenoxy) is 1. The topological polar surface area (TPSA) is 76.5 Å². The van der Waals surface area contributed by atoms with Gasteiger partial charge >= 0.3 is 5.97 Å². The molecule has 6 rings (SSSR count). The van der Waals surface area contributed by atoms with E-state index in [9.17, 15) is 9.59 Å². The van der Waals surface area contributed by atoms with Crippen LogP contribution in [-0.4, -0.2) is 45.7 Å². The molecule has 1 aromatic heterocycles. The molecule has 206 valence electrons. The third-order valence-electron chi connectivity index (χ3n) is 9.27. The van der Waals surface area contributed by atoms with Crippen molar-refractivity contribution in [3.63, 3.8) is 0 Å². The predicted molar refractivity (Wildman–Crippen MR) is 154 cm³/mol. The minimum Gasteiger partial charge on any atom is -0.467 e. The molecule has 0 amide bonds. The first-order chi connectivity index (χ1) is 19.1. The molecule has 1 N–H and O–H groups in total. The predicted octanol–water partition coefficient (Wildman–Crippen LogP) is 6.00. The van der Waals surface area contributed by atoms with Gasteiger partial charge in [-0.15, -0.1) is 0 Å². The number of piperidine rings is 1. The van der Waals surface area contributed by atoms with Crippen LogP contribution in [0, 0.1) is 0 Å².